The molecule has 0 saturated heterocycles. The third-order valence-electron chi connectivity index (χ3n) is 3.61. The van der Waals surface area contributed by atoms with Crippen molar-refractivity contribution >= 4 is 34.7 Å². The lowest BCUT2D eigenvalue weighted by Crippen LogP contribution is -2.02. The van der Waals surface area contributed by atoms with Gasteiger partial charge in [0.15, 0.2) is 0 Å². The molecule has 0 aliphatic heterocycles. The maximum absolute atomic E-state index is 6.17. The summed E-state index contributed by atoms with van der Waals surface area (Å²) in [6.07, 6.45) is 0. The zero-order valence-electron chi connectivity index (χ0n) is 13.9. The summed E-state index contributed by atoms with van der Waals surface area (Å²) in [4.78, 5) is 8.95. The van der Waals surface area contributed by atoms with E-state index in [2.05, 4.69) is 39.7 Å². The zero-order valence-corrected chi connectivity index (χ0v) is 14.6. The molecule has 3 aromatic rings. The monoisotopic (exact) mass is 338 g/mol. The third kappa shape index (κ3) is 4.03. The van der Waals surface area contributed by atoms with E-state index in [1.807, 2.05) is 50.2 Å². The number of aryl methyl sites for hydroxylation is 3. The van der Waals surface area contributed by atoms with Gasteiger partial charge in [-0.1, -0.05) is 35.4 Å². The highest BCUT2D eigenvalue weighted by Gasteiger charge is 2.05. The van der Waals surface area contributed by atoms with E-state index in [4.69, 9.17) is 11.6 Å². The minimum absolute atomic E-state index is 0.532. The average molecular weight is 339 g/mol. The summed E-state index contributed by atoms with van der Waals surface area (Å²) in [5, 5.41) is 7.22. The first-order valence-corrected chi connectivity index (χ1v) is 8.10. The molecule has 24 heavy (non-hydrogen) atoms. The first kappa shape index (κ1) is 16.3. The van der Waals surface area contributed by atoms with Crippen LogP contribution in [0, 0.1) is 20.8 Å². The summed E-state index contributed by atoms with van der Waals surface area (Å²) in [7, 11) is 0. The fourth-order valence-electron chi connectivity index (χ4n) is 2.27. The van der Waals surface area contributed by atoms with Crippen LogP contribution in [0.1, 0.15) is 16.8 Å². The maximum Gasteiger partial charge on any atom is 0.229 e. The van der Waals surface area contributed by atoms with Crippen molar-refractivity contribution < 1.29 is 0 Å². The Hall–Kier alpha value is -2.59. The van der Waals surface area contributed by atoms with Crippen LogP contribution < -0.4 is 10.6 Å². The highest BCUT2D eigenvalue weighted by Crippen LogP contribution is 2.23. The molecule has 122 valence electrons. The molecular weight excluding hydrogens is 320 g/mol. The Balaban J connectivity index is 1.82. The Bertz CT molecular complexity index is 860. The number of benzene rings is 2. The molecule has 0 radical (unpaired) electrons. The third-order valence-corrected chi connectivity index (χ3v) is 4.01. The lowest BCUT2D eigenvalue weighted by Gasteiger charge is -2.11. The summed E-state index contributed by atoms with van der Waals surface area (Å²) in [6, 6.07) is 15.9. The molecule has 0 bridgehead atoms. The lowest BCUT2D eigenvalue weighted by molar-refractivity contribution is 1.11. The van der Waals surface area contributed by atoms with Gasteiger partial charge in [-0.05, 0) is 50.6 Å². The predicted octanol–water partition coefficient (Wildman–Crippen LogP) is 5.54. The van der Waals surface area contributed by atoms with Crippen molar-refractivity contribution in [1.29, 1.82) is 0 Å². The molecule has 0 amide bonds. The van der Waals surface area contributed by atoms with Crippen molar-refractivity contribution in [2.75, 3.05) is 10.6 Å². The number of rotatable bonds is 4. The molecule has 0 atom stereocenters. The smallest absolute Gasteiger partial charge is 0.229 e. The van der Waals surface area contributed by atoms with E-state index in [9.17, 15) is 0 Å². The van der Waals surface area contributed by atoms with Crippen LogP contribution in [0.2, 0.25) is 5.02 Å². The average Bonchev–Trinajstić information content (AvgIpc) is 2.53. The van der Waals surface area contributed by atoms with Gasteiger partial charge in [0.25, 0.3) is 0 Å². The van der Waals surface area contributed by atoms with Crippen LogP contribution in [0.25, 0.3) is 0 Å². The molecule has 2 aromatic carbocycles. The molecule has 0 unspecified atom stereocenters. The number of hydrogen-bond acceptors (Lipinski definition) is 4. The minimum atomic E-state index is 0.532. The Morgan fingerprint density at radius 2 is 1.50 bits per heavy atom. The van der Waals surface area contributed by atoms with Crippen molar-refractivity contribution in [1.82, 2.24) is 9.97 Å². The first-order chi connectivity index (χ1) is 11.5. The number of nitrogens with one attached hydrogen (secondary N) is 2. The van der Waals surface area contributed by atoms with Gasteiger partial charge in [-0.3, -0.25) is 0 Å². The molecule has 0 aliphatic carbocycles. The van der Waals surface area contributed by atoms with Gasteiger partial charge in [-0.2, -0.15) is 4.98 Å². The molecule has 5 heteroatoms. The molecule has 4 nitrogen and oxygen atoms in total. The quantitative estimate of drug-likeness (QED) is 0.655. The van der Waals surface area contributed by atoms with Gasteiger partial charge >= 0.3 is 0 Å². The van der Waals surface area contributed by atoms with E-state index < -0.39 is 0 Å². The van der Waals surface area contributed by atoms with Crippen LogP contribution in [0.15, 0.2) is 48.5 Å². The van der Waals surface area contributed by atoms with Crippen LogP contribution >= 0.6 is 11.6 Å². The number of halogens is 1. The molecule has 0 fully saturated rings. The largest absolute Gasteiger partial charge is 0.340 e. The second-order valence-electron chi connectivity index (χ2n) is 5.80. The van der Waals surface area contributed by atoms with E-state index in [0.717, 1.165) is 28.5 Å². The van der Waals surface area contributed by atoms with Crippen LogP contribution in [-0.2, 0) is 0 Å². The topological polar surface area (TPSA) is 49.8 Å². The fraction of sp³-hybridized carbons (Fsp3) is 0.158. The van der Waals surface area contributed by atoms with Gasteiger partial charge < -0.3 is 10.6 Å². The summed E-state index contributed by atoms with van der Waals surface area (Å²) >= 11 is 6.17. The van der Waals surface area contributed by atoms with E-state index >= 15 is 0 Å². The van der Waals surface area contributed by atoms with Gasteiger partial charge in [0, 0.05) is 28.2 Å². The molecule has 1 aromatic heterocycles. The van der Waals surface area contributed by atoms with Crippen LogP contribution in [0.4, 0.5) is 23.1 Å². The fourth-order valence-corrected chi connectivity index (χ4v) is 2.45. The van der Waals surface area contributed by atoms with Gasteiger partial charge in [-0.15, -0.1) is 0 Å². The zero-order chi connectivity index (χ0) is 17.1. The molecule has 3 rings (SSSR count). The molecule has 0 aliphatic rings. The Labute approximate surface area is 146 Å². The van der Waals surface area contributed by atoms with Gasteiger partial charge in [-0.25, -0.2) is 4.98 Å². The van der Waals surface area contributed by atoms with Crippen LogP contribution in [-0.4, -0.2) is 9.97 Å². The maximum atomic E-state index is 6.17. The van der Waals surface area contributed by atoms with Crippen molar-refractivity contribution in [2.24, 2.45) is 0 Å². The van der Waals surface area contributed by atoms with Gasteiger partial charge in [0.05, 0.1) is 0 Å². The van der Waals surface area contributed by atoms with E-state index in [-0.39, 0.29) is 0 Å². The number of aromatic nitrogens is 2. The number of anilines is 4. The van der Waals surface area contributed by atoms with E-state index in [1.54, 1.807) is 0 Å². The highest BCUT2D eigenvalue weighted by molar-refractivity contribution is 6.31. The predicted molar refractivity (Wildman–Crippen MR) is 101 cm³/mol. The molecule has 1 heterocycles. The number of nitrogens with zero attached hydrogens (tertiary/aromatic N) is 2. The Morgan fingerprint density at radius 3 is 2.21 bits per heavy atom. The van der Waals surface area contributed by atoms with Gasteiger partial charge in [0.2, 0.25) is 5.95 Å². The van der Waals surface area contributed by atoms with Crippen LogP contribution in [0.5, 0.6) is 0 Å². The molecule has 2 N–H and O–H groups in total. The lowest BCUT2D eigenvalue weighted by atomic mass is 10.2. The summed E-state index contributed by atoms with van der Waals surface area (Å²) in [6.45, 7) is 5.97. The highest BCUT2D eigenvalue weighted by atomic mass is 35.5. The minimum Gasteiger partial charge on any atom is -0.340 e. The Kier molecular flexibility index (Phi) is 4.67. The molecule has 0 spiro atoms. The molecular formula is C19H19ClN4. The second-order valence-corrected chi connectivity index (χ2v) is 6.21. The molecule has 0 saturated carbocycles. The van der Waals surface area contributed by atoms with E-state index in [1.165, 1.54) is 5.56 Å². The van der Waals surface area contributed by atoms with Gasteiger partial charge in [0.1, 0.15) is 5.82 Å². The summed E-state index contributed by atoms with van der Waals surface area (Å²) < 4.78 is 0. The van der Waals surface area contributed by atoms with Crippen molar-refractivity contribution in [3.63, 3.8) is 0 Å². The SMILES string of the molecule is Cc1ccc(Nc2cc(C)nc(Nc3ccc(C)c(Cl)c3)n2)cc1. The second kappa shape index (κ2) is 6.89. The Morgan fingerprint density at radius 1 is 0.792 bits per heavy atom. The van der Waals surface area contributed by atoms with Crippen molar-refractivity contribution in [2.45, 2.75) is 20.8 Å². The van der Waals surface area contributed by atoms with Crippen LogP contribution in [0.3, 0.4) is 0 Å². The summed E-state index contributed by atoms with van der Waals surface area (Å²) in [5.74, 6) is 1.27. The standard InChI is InChI=1S/C19H19ClN4/c1-12-4-7-15(8-5-12)22-18-10-14(3)21-19(24-18)23-16-9-6-13(2)17(20)11-16/h4-11H,1-3H3,(H2,21,22,23,24). The summed E-state index contributed by atoms with van der Waals surface area (Å²) in [5.41, 5.74) is 4.98. The van der Waals surface area contributed by atoms with Crippen molar-refractivity contribution in [3.8, 4) is 0 Å². The normalized spacial score (nSPS) is 10.5. The first-order valence-electron chi connectivity index (χ1n) is 7.72. The van der Waals surface area contributed by atoms with E-state index in [0.29, 0.717) is 11.0 Å². The van der Waals surface area contributed by atoms with Crippen molar-refractivity contribution in [3.05, 3.63) is 70.4 Å². The number of hydrogen-bond donors (Lipinski definition) is 2.